The van der Waals surface area contributed by atoms with Crippen LogP contribution in [0.5, 0.6) is 5.75 Å². The number of nitro groups is 1. The smallest absolute Gasteiger partial charge is 0.295 e. The summed E-state index contributed by atoms with van der Waals surface area (Å²) in [5, 5.41) is 22.4. The van der Waals surface area contributed by atoms with Crippen molar-refractivity contribution in [1.82, 2.24) is 9.88 Å². The number of aliphatic hydroxyl groups is 1. The third-order valence-electron chi connectivity index (χ3n) is 5.38. The minimum Gasteiger partial charge on any atom is -0.507 e. The number of ether oxygens (including phenoxy) is 1. The quantitative estimate of drug-likeness (QED) is 0.202. The highest BCUT2D eigenvalue weighted by Gasteiger charge is 2.46. The Kier molecular flexibility index (Phi) is 5.86. The van der Waals surface area contributed by atoms with Gasteiger partial charge in [-0.3, -0.25) is 24.7 Å². The van der Waals surface area contributed by atoms with Crippen LogP contribution in [0.4, 0.5) is 5.69 Å². The predicted octanol–water partition coefficient (Wildman–Crippen LogP) is 3.62. The zero-order valence-corrected chi connectivity index (χ0v) is 17.5. The van der Waals surface area contributed by atoms with Gasteiger partial charge in [0.05, 0.1) is 23.6 Å². The van der Waals surface area contributed by atoms with Crippen LogP contribution < -0.4 is 4.74 Å². The second kappa shape index (κ2) is 8.91. The maximum Gasteiger partial charge on any atom is 0.295 e. The minimum absolute atomic E-state index is 0.0329. The summed E-state index contributed by atoms with van der Waals surface area (Å²) in [5.74, 6) is -1.51. The summed E-state index contributed by atoms with van der Waals surface area (Å²) in [6.07, 6.45) is 3.15. The molecule has 0 radical (unpaired) electrons. The SMILES string of the molecule is COc1ccc(C(O)=C2C(=O)C(=O)N(Cc3cccnc3)[C@@H]2c2cccc([N+](=O)[O-])c2)cc1. The molecule has 1 amide bonds. The van der Waals surface area contributed by atoms with E-state index < -0.39 is 22.7 Å². The molecule has 1 saturated heterocycles. The molecular weight excluding hydrogens is 426 g/mol. The lowest BCUT2D eigenvalue weighted by molar-refractivity contribution is -0.384. The molecule has 1 atom stereocenters. The van der Waals surface area contributed by atoms with E-state index in [1.807, 2.05) is 0 Å². The van der Waals surface area contributed by atoms with Gasteiger partial charge in [0.1, 0.15) is 11.5 Å². The Morgan fingerprint density at radius 3 is 2.55 bits per heavy atom. The van der Waals surface area contributed by atoms with Crippen molar-refractivity contribution in [3.63, 3.8) is 0 Å². The number of non-ortho nitro benzene ring substituents is 1. The Balaban J connectivity index is 1.87. The number of benzene rings is 2. The number of nitro benzene ring substituents is 1. The van der Waals surface area contributed by atoms with Gasteiger partial charge in [-0.15, -0.1) is 0 Å². The van der Waals surface area contributed by atoms with Crippen molar-refractivity contribution in [2.45, 2.75) is 12.6 Å². The van der Waals surface area contributed by atoms with Gasteiger partial charge in [0.25, 0.3) is 17.4 Å². The summed E-state index contributed by atoms with van der Waals surface area (Å²) in [6, 6.07) is 14.5. The molecule has 1 aliphatic heterocycles. The molecule has 9 heteroatoms. The Labute approximate surface area is 188 Å². The van der Waals surface area contributed by atoms with E-state index >= 15 is 0 Å². The average molecular weight is 445 g/mol. The number of aliphatic hydroxyl groups excluding tert-OH is 1. The number of pyridine rings is 1. The standard InChI is InChI=1S/C24H19N3O6/c1-33-19-9-7-16(8-10-19)22(28)20-21(17-5-2-6-18(12-17)27(31)32)26(24(30)23(20)29)14-15-4-3-11-25-13-15/h2-13,21,28H,14H2,1H3/t21-/m1/s1. The number of hydrogen-bond acceptors (Lipinski definition) is 7. The molecule has 1 aliphatic rings. The number of likely N-dealkylation sites (tertiary alicyclic amines) is 1. The molecule has 0 aliphatic carbocycles. The summed E-state index contributed by atoms with van der Waals surface area (Å²) in [7, 11) is 1.50. The second-order valence-corrected chi connectivity index (χ2v) is 7.37. The molecule has 1 N–H and O–H groups in total. The zero-order valence-electron chi connectivity index (χ0n) is 17.5. The molecule has 0 saturated carbocycles. The minimum atomic E-state index is -1.02. The van der Waals surface area contributed by atoms with Gasteiger partial charge in [0.2, 0.25) is 0 Å². The summed E-state index contributed by atoms with van der Waals surface area (Å²) < 4.78 is 5.13. The van der Waals surface area contributed by atoms with E-state index in [4.69, 9.17) is 4.74 Å². The molecule has 9 nitrogen and oxygen atoms in total. The first kappa shape index (κ1) is 21.7. The van der Waals surface area contributed by atoms with E-state index in [9.17, 15) is 24.8 Å². The second-order valence-electron chi connectivity index (χ2n) is 7.37. The zero-order chi connectivity index (χ0) is 23.5. The van der Waals surface area contributed by atoms with Crippen LogP contribution >= 0.6 is 0 Å². The van der Waals surface area contributed by atoms with Crippen LogP contribution in [0.1, 0.15) is 22.7 Å². The first-order chi connectivity index (χ1) is 15.9. The maximum absolute atomic E-state index is 13.1. The third kappa shape index (κ3) is 4.16. The first-order valence-electron chi connectivity index (χ1n) is 9.97. The highest BCUT2D eigenvalue weighted by molar-refractivity contribution is 6.46. The number of aromatic nitrogens is 1. The molecule has 1 fully saturated rings. The van der Waals surface area contributed by atoms with Crippen LogP contribution in [0, 0.1) is 10.1 Å². The Hall–Kier alpha value is -4.53. The van der Waals surface area contributed by atoms with Crippen molar-refractivity contribution in [3.05, 3.63) is 105 Å². The molecule has 2 heterocycles. The number of hydrogen-bond donors (Lipinski definition) is 1. The summed E-state index contributed by atoms with van der Waals surface area (Å²) >= 11 is 0. The normalized spacial score (nSPS) is 17.2. The average Bonchev–Trinajstić information content (AvgIpc) is 3.09. The van der Waals surface area contributed by atoms with E-state index in [0.717, 1.165) is 0 Å². The van der Waals surface area contributed by atoms with Crippen LogP contribution in [-0.4, -0.2) is 38.7 Å². The van der Waals surface area contributed by atoms with E-state index in [1.165, 1.54) is 30.2 Å². The molecule has 2 aromatic carbocycles. The fourth-order valence-electron chi connectivity index (χ4n) is 3.79. The summed E-state index contributed by atoms with van der Waals surface area (Å²) in [6.45, 7) is 0.0329. The molecule has 4 rings (SSSR count). The van der Waals surface area contributed by atoms with Crippen molar-refractivity contribution in [3.8, 4) is 5.75 Å². The molecular formula is C24H19N3O6. The molecule has 1 aromatic heterocycles. The fraction of sp³-hybridized carbons (Fsp3) is 0.125. The van der Waals surface area contributed by atoms with Gasteiger partial charge in [-0.2, -0.15) is 0 Å². The van der Waals surface area contributed by atoms with Gasteiger partial charge in [-0.05, 0) is 41.5 Å². The number of Topliss-reactive ketones (excluding diaryl/α,β-unsaturated/α-hetero) is 1. The highest BCUT2D eigenvalue weighted by atomic mass is 16.6. The Morgan fingerprint density at radius 1 is 1.15 bits per heavy atom. The number of carbonyl (C=O) groups is 2. The number of rotatable bonds is 6. The predicted molar refractivity (Wildman–Crippen MR) is 118 cm³/mol. The monoisotopic (exact) mass is 445 g/mol. The topological polar surface area (TPSA) is 123 Å². The number of amides is 1. The van der Waals surface area contributed by atoms with Gasteiger partial charge in [-0.25, -0.2) is 0 Å². The van der Waals surface area contributed by atoms with Gasteiger partial charge < -0.3 is 14.7 Å². The molecule has 33 heavy (non-hydrogen) atoms. The van der Waals surface area contributed by atoms with Crippen LogP contribution in [0.25, 0.3) is 5.76 Å². The van der Waals surface area contributed by atoms with Crippen LogP contribution in [-0.2, 0) is 16.1 Å². The highest BCUT2D eigenvalue weighted by Crippen LogP contribution is 2.41. The number of nitrogens with zero attached hydrogens (tertiary/aromatic N) is 3. The lowest BCUT2D eigenvalue weighted by Crippen LogP contribution is -2.29. The number of carbonyl (C=O) groups excluding carboxylic acids is 2. The van der Waals surface area contributed by atoms with Gasteiger partial charge in [0, 0.05) is 36.6 Å². The van der Waals surface area contributed by atoms with Crippen LogP contribution in [0.15, 0.2) is 78.6 Å². The number of methoxy groups -OCH3 is 1. The summed E-state index contributed by atoms with van der Waals surface area (Å²) in [5.41, 5.74) is 0.977. The fourth-order valence-corrected chi connectivity index (χ4v) is 3.79. The lowest BCUT2D eigenvalue weighted by Gasteiger charge is -2.25. The van der Waals surface area contributed by atoms with Gasteiger partial charge in [0.15, 0.2) is 0 Å². The van der Waals surface area contributed by atoms with E-state index in [-0.39, 0.29) is 23.6 Å². The molecule has 166 valence electrons. The van der Waals surface area contributed by atoms with Crippen molar-refractivity contribution in [2.24, 2.45) is 0 Å². The molecule has 3 aromatic rings. The van der Waals surface area contributed by atoms with Crippen molar-refractivity contribution in [1.29, 1.82) is 0 Å². The summed E-state index contributed by atoms with van der Waals surface area (Å²) in [4.78, 5) is 42.2. The van der Waals surface area contributed by atoms with Crippen molar-refractivity contribution in [2.75, 3.05) is 7.11 Å². The third-order valence-corrected chi connectivity index (χ3v) is 5.38. The van der Waals surface area contributed by atoms with Crippen LogP contribution in [0.2, 0.25) is 0 Å². The van der Waals surface area contributed by atoms with Crippen LogP contribution in [0.3, 0.4) is 0 Å². The maximum atomic E-state index is 13.1. The Morgan fingerprint density at radius 2 is 1.91 bits per heavy atom. The lowest BCUT2D eigenvalue weighted by atomic mass is 9.95. The first-order valence-corrected chi connectivity index (χ1v) is 9.97. The van der Waals surface area contributed by atoms with Crippen molar-refractivity contribution >= 4 is 23.1 Å². The molecule has 0 bridgehead atoms. The van der Waals surface area contributed by atoms with E-state index in [1.54, 1.807) is 54.9 Å². The molecule has 0 unspecified atom stereocenters. The molecule has 0 spiro atoms. The number of ketones is 1. The Bertz CT molecular complexity index is 1250. The largest absolute Gasteiger partial charge is 0.507 e. The van der Waals surface area contributed by atoms with Crippen molar-refractivity contribution < 1.29 is 24.4 Å². The van der Waals surface area contributed by atoms with Gasteiger partial charge in [-0.1, -0.05) is 18.2 Å². The van der Waals surface area contributed by atoms with E-state index in [0.29, 0.717) is 22.4 Å². The van der Waals surface area contributed by atoms with Gasteiger partial charge >= 0.3 is 0 Å². The van der Waals surface area contributed by atoms with E-state index in [2.05, 4.69) is 4.98 Å².